The molecule has 1 heterocycles. The van der Waals surface area contributed by atoms with Crippen LogP contribution in [0, 0.1) is 0 Å². The van der Waals surface area contributed by atoms with E-state index in [-0.39, 0.29) is 0 Å². The zero-order valence-corrected chi connectivity index (χ0v) is 24.2. The van der Waals surface area contributed by atoms with Crippen LogP contribution in [0.1, 0.15) is 71.2 Å². The van der Waals surface area contributed by atoms with Crippen molar-refractivity contribution in [3.63, 3.8) is 0 Å². The maximum absolute atomic E-state index is 12.5. The molecule has 1 aromatic carbocycles. The summed E-state index contributed by atoms with van der Waals surface area (Å²) in [5, 5.41) is 1.08. The summed E-state index contributed by atoms with van der Waals surface area (Å²) in [6.07, 6.45) is 11.9. The van der Waals surface area contributed by atoms with Crippen molar-refractivity contribution in [3.8, 4) is 0 Å². The Morgan fingerprint density at radius 2 is 1.58 bits per heavy atom. The normalized spacial score (nSPS) is 13.5. The fourth-order valence-electron chi connectivity index (χ4n) is 4.23. The van der Waals surface area contributed by atoms with Crippen LogP contribution in [0.5, 0.6) is 0 Å². The minimum absolute atomic E-state index is 0.756. The molecule has 0 unspecified atom stereocenters. The molecule has 6 heteroatoms. The van der Waals surface area contributed by atoms with Crippen LogP contribution < -0.4 is 0 Å². The molecule has 3 nitrogen and oxygen atoms in total. The van der Waals surface area contributed by atoms with E-state index in [9.17, 15) is 8.42 Å². The number of allylic oxidation sites excluding steroid dienone is 3. The van der Waals surface area contributed by atoms with Crippen molar-refractivity contribution in [1.29, 1.82) is 0 Å². The second-order valence-corrected chi connectivity index (χ2v) is 25.0. The first-order valence-electron chi connectivity index (χ1n) is 11.8. The number of thiazole rings is 1. The quantitative estimate of drug-likeness (QED) is 0.145. The Balaban J connectivity index is 2.34. The van der Waals surface area contributed by atoms with Gasteiger partial charge in [-0.1, -0.05) is 0 Å². The number of aromatic nitrogens is 1. The van der Waals surface area contributed by atoms with E-state index in [1.165, 1.54) is 37.3 Å². The van der Waals surface area contributed by atoms with E-state index in [1.54, 1.807) is 11.3 Å². The van der Waals surface area contributed by atoms with Crippen molar-refractivity contribution in [1.82, 2.24) is 4.98 Å². The van der Waals surface area contributed by atoms with Crippen LogP contribution in [-0.4, -0.2) is 31.8 Å². The molecule has 0 saturated heterocycles. The van der Waals surface area contributed by atoms with Crippen molar-refractivity contribution < 1.29 is 8.42 Å². The first-order valence-corrected chi connectivity index (χ1v) is 21.3. The number of nitrogens with zero attached hydrogens (tertiary/aromatic N) is 1. The fraction of sp³-hybridized carbons (Fsp3) is 0.560. The number of fused-ring (bicyclic) bond motifs is 1. The van der Waals surface area contributed by atoms with Crippen molar-refractivity contribution in [2.75, 3.05) is 0 Å². The summed E-state index contributed by atoms with van der Waals surface area (Å²) in [6, 6.07) is 8.21. The van der Waals surface area contributed by atoms with Gasteiger partial charge in [-0.05, 0) is 0 Å². The Hall–Kier alpha value is -0.661. The molecule has 0 N–H and O–H groups in total. The number of benzene rings is 1. The number of thiol groups is 1. The predicted octanol–water partition coefficient (Wildman–Crippen LogP) is 7.67. The van der Waals surface area contributed by atoms with Gasteiger partial charge in [0, 0.05) is 0 Å². The van der Waals surface area contributed by atoms with Crippen LogP contribution >= 0.6 is 11.3 Å². The van der Waals surface area contributed by atoms with Gasteiger partial charge < -0.3 is 0 Å². The molecule has 0 radical (unpaired) electrons. The molecular formula is C25H39NO2S2Sn. The standard InChI is InChI=1S/C13H12NO2S2.3C4H9.Sn/c1-10(8-9-18(15)16)6-7-13-14-11-4-2-3-5-12(11)17-13;3*1-3-4-2;/h2-6,8,18H,7H2,1H3;3*1,3-4H2,2H3;. The van der Waals surface area contributed by atoms with E-state index in [0.717, 1.165) is 44.7 Å². The predicted molar refractivity (Wildman–Crippen MR) is 140 cm³/mol. The van der Waals surface area contributed by atoms with Gasteiger partial charge in [0.25, 0.3) is 0 Å². The summed E-state index contributed by atoms with van der Waals surface area (Å²) in [7, 11) is -2.51. The molecule has 0 amide bonds. The van der Waals surface area contributed by atoms with E-state index < -0.39 is 29.1 Å². The number of rotatable bonds is 14. The molecule has 31 heavy (non-hydrogen) atoms. The topological polar surface area (TPSA) is 47.0 Å². The van der Waals surface area contributed by atoms with Gasteiger partial charge in [-0.15, -0.1) is 0 Å². The van der Waals surface area contributed by atoms with Crippen LogP contribution in [0.25, 0.3) is 10.2 Å². The minimum atomic E-state index is -2.97. The molecule has 0 bridgehead atoms. The molecule has 0 spiro atoms. The van der Waals surface area contributed by atoms with Gasteiger partial charge in [-0.2, -0.15) is 0 Å². The molecule has 1 aromatic heterocycles. The SMILES string of the molecule is CCC[CH2][Sn]([CH2]CCC)([CH2]CCC)[C](=CC(C)=CCc1nc2ccccc2s1)[SH](=O)=O. The molecule has 0 fully saturated rings. The Bertz CT molecular complexity index is 897. The first-order chi connectivity index (χ1) is 15.0. The zero-order valence-electron chi connectivity index (χ0n) is 19.7. The van der Waals surface area contributed by atoms with Crippen molar-refractivity contribution >= 4 is 50.6 Å². The van der Waals surface area contributed by atoms with Gasteiger partial charge in [-0.3, -0.25) is 0 Å². The van der Waals surface area contributed by atoms with Gasteiger partial charge in [-0.25, -0.2) is 0 Å². The fourth-order valence-corrected chi connectivity index (χ4v) is 26.1. The van der Waals surface area contributed by atoms with Crippen LogP contribution in [-0.2, 0) is 17.1 Å². The Kier molecular flexibility index (Phi) is 11.8. The average molecular weight is 568 g/mol. The zero-order chi connectivity index (χ0) is 22.7. The van der Waals surface area contributed by atoms with Crippen LogP contribution in [0.2, 0.25) is 13.3 Å². The van der Waals surface area contributed by atoms with Crippen LogP contribution in [0.3, 0.4) is 0 Å². The number of hydrogen-bond acceptors (Lipinski definition) is 4. The van der Waals surface area contributed by atoms with Gasteiger partial charge >= 0.3 is 200 Å². The van der Waals surface area contributed by atoms with Gasteiger partial charge in [0.05, 0.1) is 0 Å². The van der Waals surface area contributed by atoms with Gasteiger partial charge in [0.15, 0.2) is 0 Å². The third-order valence-corrected chi connectivity index (χ3v) is 27.1. The number of unbranched alkanes of at least 4 members (excludes halogenated alkanes) is 3. The maximum atomic E-state index is 12.5. The van der Waals surface area contributed by atoms with Crippen molar-refractivity contribution in [2.45, 2.75) is 86.0 Å². The molecule has 0 atom stereocenters. The summed E-state index contributed by atoms with van der Waals surface area (Å²) in [5.41, 5.74) is 2.11. The first kappa shape index (κ1) is 26.6. The molecule has 0 aliphatic rings. The molecule has 0 aliphatic heterocycles. The second-order valence-electron chi connectivity index (χ2n) is 8.61. The van der Waals surface area contributed by atoms with E-state index >= 15 is 0 Å². The number of para-hydroxylation sites is 1. The third-order valence-electron chi connectivity index (χ3n) is 6.07. The Morgan fingerprint density at radius 1 is 1.00 bits per heavy atom. The monoisotopic (exact) mass is 569 g/mol. The summed E-state index contributed by atoms with van der Waals surface area (Å²) < 4.78 is 30.7. The van der Waals surface area contributed by atoms with Crippen molar-refractivity contribution in [3.05, 3.63) is 49.9 Å². The van der Waals surface area contributed by atoms with E-state index in [1.807, 2.05) is 18.2 Å². The molecule has 0 aliphatic carbocycles. The Labute approximate surface area is 198 Å². The van der Waals surface area contributed by atoms with Gasteiger partial charge in [0.2, 0.25) is 0 Å². The average Bonchev–Trinajstić information content (AvgIpc) is 3.19. The van der Waals surface area contributed by atoms with E-state index in [2.05, 4.69) is 45.9 Å². The number of hydrogen-bond donors (Lipinski definition) is 1. The molecule has 2 aromatic rings. The Morgan fingerprint density at radius 3 is 2.10 bits per heavy atom. The summed E-state index contributed by atoms with van der Waals surface area (Å²) in [6.45, 7) is 8.72. The molecular weight excluding hydrogens is 529 g/mol. The summed E-state index contributed by atoms with van der Waals surface area (Å²) in [5.74, 6) is 0. The molecule has 172 valence electrons. The van der Waals surface area contributed by atoms with Gasteiger partial charge in [0.1, 0.15) is 0 Å². The third kappa shape index (κ3) is 8.00. The van der Waals surface area contributed by atoms with Crippen LogP contribution in [0.4, 0.5) is 0 Å². The summed E-state index contributed by atoms with van der Waals surface area (Å²) >= 11 is -1.25. The van der Waals surface area contributed by atoms with Crippen LogP contribution in [0.15, 0.2) is 44.9 Å². The second kappa shape index (κ2) is 13.8. The summed E-state index contributed by atoms with van der Waals surface area (Å²) in [4.78, 5) is 4.72. The van der Waals surface area contributed by atoms with Crippen molar-refractivity contribution in [2.24, 2.45) is 0 Å². The molecule has 0 saturated carbocycles. The van der Waals surface area contributed by atoms with E-state index in [0.29, 0.717) is 0 Å². The molecule has 2 rings (SSSR count). The van der Waals surface area contributed by atoms with E-state index in [4.69, 9.17) is 4.98 Å².